The number of benzene rings is 2. The summed E-state index contributed by atoms with van der Waals surface area (Å²) in [7, 11) is 0. The molecule has 2 bridgehead atoms. The predicted octanol–water partition coefficient (Wildman–Crippen LogP) is 5.60. The van der Waals surface area contributed by atoms with Crippen LogP contribution in [-0.4, -0.2) is 0 Å². The zero-order valence-corrected chi connectivity index (χ0v) is 11.5. The van der Waals surface area contributed by atoms with Crippen LogP contribution in [0.15, 0.2) is 36.4 Å². The minimum Gasteiger partial charge on any atom is -0.355 e. The highest BCUT2D eigenvalue weighted by Gasteiger charge is 2.18. The van der Waals surface area contributed by atoms with Gasteiger partial charge in [0.1, 0.15) is 5.82 Å². The van der Waals surface area contributed by atoms with Gasteiger partial charge >= 0.3 is 0 Å². The summed E-state index contributed by atoms with van der Waals surface area (Å²) in [6, 6.07) is 11.9. The summed E-state index contributed by atoms with van der Waals surface area (Å²) in [6.07, 6.45) is 6.32. The van der Waals surface area contributed by atoms with Gasteiger partial charge in [0, 0.05) is 16.9 Å². The van der Waals surface area contributed by atoms with E-state index in [-0.39, 0.29) is 5.82 Å². The molecule has 1 nitrogen and oxygen atoms in total. The van der Waals surface area contributed by atoms with E-state index in [1.54, 1.807) is 6.07 Å². The third-order valence-corrected chi connectivity index (χ3v) is 4.60. The molecule has 0 unspecified atom stereocenters. The maximum absolute atomic E-state index is 14.4. The van der Waals surface area contributed by atoms with E-state index in [4.69, 9.17) is 0 Å². The fraction of sp³-hybridized carbons (Fsp3) is 0.333. The van der Waals surface area contributed by atoms with Crippen LogP contribution in [0.25, 0.3) is 11.1 Å². The SMILES string of the molecule is Fc1cc(C2CCCCC2)ccc1-c1cc2cc(c1)N2. The summed E-state index contributed by atoms with van der Waals surface area (Å²) in [4.78, 5) is 0. The smallest absolute Gasteiger partial charge is 0.131 e. The van der Waals surface area contributed by atoms with Crippen molar-refractivity contribution < 1.29 is 4.39 Å². The van der Waals surface area contributed by atoms with E-state index in [9.17, 15) is 4.39 Å². The first kappa shape index (κ1) is 12.0. The van der Waals surface area contributed by atoms with Crippen LogP contribution in [0.1, 0.15) is 43.6 Å². The van der Waals surface area contributed by atoms with Crippen molar-refractivity contribution in [3.05, 3.63) is 47.8 Å². The van der Waals surface area contributed by atoms with Crippen molar-refractivity contribution >= 4 is 11.4 Å². The molecule has 0 atom stereocenters. The van der Waals surface area contributed by atoms with E-state index in [1.807, 2.05) is 18.2 Å². The first-order valence-corrected chi connectivity index (χ1v) is 7.51. The third-order valence-electron chi connectivity index (χ3n) is 4.60. The Morgan fingerprint density at radius 3 is 2.25 bits per heavy atom. The molecule has 0 amide bonds. The van der Waals surface area contributed by atoms with Gasteiger partial charge < -0.3 is 5.32 Å². The lowest BCUT2D eigenvalue weighted by Crippen LogP contribution is -2.05. The van der Waals surface area contributed by atoms with Gasteiger partial charge in [-0.15, -0.1) is 0 Å². The normalized spacial score (nSPS) is 17.4. The first-order valence-electron chi connectivity index (χ1n) is 7.51. The van der Waals surface area contributed by atoms with Crippen molar-refractivity contribution in [2.45, 2.75) is 38.0 Å². The molecule has 3 aliphatic rings. The van der Waals surface area contributed by atoms with Crippen molar-refractivity contribution in [3.8, 4) is 11.1 Å². The second kappa shape index (κ2) is 4.62. The molecule has 2 aliphatic heterocycles. The summed E-state index contributed by atoms with van der Waals surface area (Å²) < 4.78 is 14.4. The minimum absolute atomic E-state index is 0.0851. The van der Waals surface area contributed by atoms with Gasteiger partial charge in [-0.2, -0.15) is 0 Å². The molecular weight excluding hydrogens is 249 g/mol. The van der Waals surface area contributed by atoms with Crippen molar-refractivity contribution in [1.82, 2.24) is 0 Å². The molecule has 0 spiro atoms. The van der Waals surface area contributed by atoms with Crippen LogP contribution in [0.4, 0.5) is 15.8 Å². The summed E-state index contributed by atoms with van der Waals surface area (Å²) in [6.45, 7) is 0. The third kappa shape index (κ3) is 2.00. The number of hydrogen-bond acceptors (Lipinski definition) is 1. The van der Waals surface area contributed by atoms with Crippen LogP contribution in [-0.2, 0) is 0 Å². The van der Waals surface area contributed by atoms with Crippen LogP contribution in [0, 0.1) is 5.82 Å². The van der Waals surface area contributed by atoms with Gasteiger partial charge in [-0.1, -0.05) is 31.4 Å². The Morgan fingerprint density at radius 2 is 1.60 bits per heavy atom. The Labute approximate surface area is 118 Å². The number of fused-ring (bicyclic) bond motifs is 2. The highest BCUT2D eigenvalue weighted by Crippen LogP contribution is 2.38. The van der Waals surface area contributed by atoms with E-state index in [0.717, 1.165) is 16.9 Å². The summed E-state index contributed by atoms with van der Waals surface area (Å²) in [5.41, 5.74) is 5.03. The standard InChI is InChI=1S/C18H18FN/c19-18-10-13(12-4-2-1-3-5-12)6-7-17(18)14-8-15-11-16(9-14)20-15/h6-12,20H,1-5H2. The Hall–Kier alpha value is -1.83. The quantitative estimate of drug-likeness (QED) is 0.637. The summed E-state index contributed by atoms with van der Waals surface area (Å²) in [5.74, 6) is 0.474. The average molecular weight is 267 g/mol. The number of anilines is 2. The van der Waals surface area contributed by atoms with Crippen LogP contribution in [0.3, 0.4) is 0 Å². The zero-order valence-electron chi connectivity index (χ0n) is 11.5. The van der Waals surface area contributed by atoms with E-state index in [1.165, 1.54) is 37.7 Å². The molecule has 2 aromatic rings. The Morgan fingerprint density at radius 1 is 0.900 bits per heavy atom. The van der Waals surface area contributed by atoms with Crippen LogP contribution >= 0.6 is 0 Å². The van der Waals surface area contributed by atoms with Crippen molar-refractivity contribution in [2.24, 2.45) is 0 Å². The molecule has 0 radical (unpaired) electrons. The monoisotopic (exact) mass is 267 g/mol. The fourth-order valence-electron chi connectivity index (χ4n) is 3.47. The molecule has 1 N–H and O–H groups in total. The molecule has 2 heteroatoms. The van der Waals surface area contributed by atoms with Gasteiger partial charge in [-0.3, -0.25) is 0 Å². The Balaban J connectivity index is 1.66. The summed E-state index contributed by atoms with van der Waals surface area (Å²) >= 11 is 0. The lowest BCUT2D eigenvalue weighted by atomic mass is 9.83. The molecule has 1 aliphatic carbocycles. The molecule has 20 heavy (non-hydrogen) atoms. The van der Waals surface area contributed by atoms with Gasteiger partial charge in [0.05, 0.1) is 0 Å². The Kier molecular flexibility index (Phi) is 2.76. The van der Waals surface area contributed by atoms with Gasteiger partial charge in [0.25, 0.3) is 0 Å². The van der Waals surface area contributed by atoms with Gasteiger partial charge in [0.2, 0.25) is 0 Å². The molecular formula is C18H18FN. The van der Waals surface area contributed by atoms with E-state index >= 15 is 0 Å². The molecule has 0 aromatic heterocycles. The van der Waals surface area contributed by atoms with E-state index in [0.29, 0.717) is 11.5 Å². The van der Waals surface area contributed by atoms with Crippen molar-refractivity contribution in [3.63, 3.8) is 0 Å². The highest BCUT2D eigenvalue weighted by atomic mass is 19.1. The number of hydrogen-bond donors (Lipinski definition) is 1. The number of nitrogens with one attached hydrogen (secondary N) is 1. The largest absolute Gasteiger partial charge is 0.355 e. The maximum atomic E-state index is 14.4. The zero-order chi connectivity index (χ0) is 13.5. The number of rotatable bonds is 2. The molecule has 102 valence electrons. The van der Waals surface area contributed by atoms with Crippen molar-refractivity contribution in [2.75, 3.05) is 5.32 Å². The van der Waals surface area contributed by atoms with E-state index in [2.05, 4.69) is 17.4 Å². The van der Waals surface area contributed by atoms with Crippen LogP contribution < -0.4 is 5.32 Å². The summed E-state index contributed by atoms with van der Waals surface area (Å²) in [5, 5.41) is 3.18. The second-order valence-corrected chi connectivity index (χ2v) is 6.00. The topological polar surface area (TPSA) is 12.0 Å². The minimum atomic E-state index is -0.0851. The molecule has 2 heterocycles. The average Bonchev–Trinajstić information content (AvgIpc) is 2.47. The van der Waals surface area contributed by atoms with Gasteiger partial charge in [0.15, 0.2) is 0 Å². The Bertz CT molecular complexity index is 636. The lowest BCUT2D eigenvalue weighted by Gasteiger charge is -2.23. The maximum Gasteiger partial charge on any atom is 0.131 e. The highest BCUT2D eigenvalue weighted by molar-refractivity contribution is 5.83. The molecule has 5 rings (SSSR count). The van der Waals surface area contributed by atoms with Crippen molar-refractivity contribution in [1.29, 1.82) is 0 Å². The first-order chi connectivity index (χ1) is 9.79. The van der Waals surface area contributed by atoms with Crippen LogP contribution in [0.2, 0.25) is 0 Å². The predicted molar refractivity (Wildman–Crippen MR) is 80.9 cm³/mol. The molecule has 1 fully saturated rings. The fourth-order valence-corrected chi connectivity index (χ4v) is 3.47. The number of halogens is 1. The molecule has 0 saturated heterocycles. The second-order valence-electron chi connectivity index (χ2n) is 6.00. The molecule has 2 aromatic carbocycles. The lowest BCUT2D eigenvalue weighted by molar-refractivity contribution is 0.442. The van der Waals surface area contributed by atoms with E-state index < -0.39 is 0 Å². The molecule has 1 saturated carbocycles. The van der Waals surface area contributed by atoms with Gasteiger partial charge in [-0.05, 0) is 54.2 Å². The van der Waals surface area contributed by atoms with Gasteiger partial charge in [-0.25, -0.2) is 4.39 Å². The van der Waals surface area contributed by atoms with Crippen LogP contribution in [0.5, 0.6) is 0 Å².